The Morgan fingerprint density at radius 1 is 0.953 bits per heavy atom. The molecule has 0 aliphatic carbocycles. The first kappa shape index (κ1) is 34.0. The zero-order valence-electron chi connectivity index (χ0n) is 25.4. The van der Waals surface area contributed by atoms with Crippen LogP contribution in [0.15, 0.2) is 42.5 Å². The second-order valence-electron chi connectivity index (χ2n) is 12.3. The number of hydrogen-bond acceptors (Lipinski definition) is 6. The first-order chi connectivity index (χ1) is 20.5. The number of amides is 2. The van der Waals surface area contributed by atoms with E-state index in [9.17, 15) is 9.59 Å². The molecule has 2 amide bonds. The average molecular weight is 652 g/mol. The minimum absolute atomic E-state index is 0.0109. The van der Waals surface area contributed by atoms with Gasteiger partial charge in [-0.1, -0.05) is 66.8 Å². The number of carbonyl (C=O) groups excluding carboxylic acids is 2. The molecule has 11 heteroatoms. The molecule has 3 N–H and O–H groups in total. The molecule has 0 radical (unpaired) electrons. The lowest BCUT2D eigenvalue weighted by atomic mass is 9.99. The molecule has 0 bridgehead atoms. The van der Waals surface area contributed by atoms with E-state index >= 15 is 0 Å². The molecule has 2 saturated heterocycles. The van der Waals surface area contributed by atoms with Crippen molar-refractivity contribution in [1.29, 1.82) is 0 Å². The minimum Gasteiger partial charge on any atom is -0.344 e. The van der Waals surface area contributed by atoms with E-state index in [1.54, 1.807) is 30.3 Å². The van der Waals surface area contributed by atoms with Gasteiger partial charge in [0, 0.05) is 85.8 Å². The molecule has 2 aliphatic rings. The number of rotatable bonds is 11. The number of hydrogen-bond donors (Lipinski definition) is 2. The fraction of sp³-hybridized carbons (Fsp3) is 0.562. The molecule has 2 aliphatic heterocycles. The Balaban J connectivity index is 1.42. The molecule has 8 nitrogen and oxygen atoms in total. The summed E-state index contributed by atoms with van der Waals surface area (Å²) in [7, 11) is 2.17. The lowest BCUT2D eigenvalue weighted by Gasteiger charge is -2.47. The van der Waals surface area contributed by atoms with Gasteiger partial charge in [-0.3, -0.25) is 9.59 Å². The second-order valence-corrected chi connectivity index (χ2v) is 13.5. The highest BCUT2D eigenvalue weighted by molar-refractivity contribution is 6.35. The van der Waals surface area contributed by atoms with Crippen molar-refractivity contribution >= 4 is 46.6 Å². The van der Waals surface area contributed by atoms with E-state index in [0.717, 1.165) is 51.1 Å². The summed E-state index contributed by atoms with van der Waals surface area (Å²) in [6.45, 7) is 11.0. The normalized spacial score (nSPS) is 18.7. The van der Waals surface area contributed by atoms with Crippen LogP contribution in [0.3, 0.4) is 0 Å². The molecule has 2 heterocycles. The topological polar surface area (TPSA) is 85.1 Å². The zero-order chi connectivity index (χ0) is 31.1. The van der Waals surface area contributed by atoms with Gasteiger partial charge < -0.3 is 20.9 Å². The van der Waals surface area contributed by atoms with Crippen LogP contribution in [0.4, 0.5) is 0 Å². The number of likely N-dealkylation sites (tertiary alicyclic amines) is 1. The molecule has 2 atom stereocenters. The molecule has 0 spiro atoms. The molecule has 236 valence electrons. The smallest absolute Gasteiger partial charge is 0.245 e. The van der Waals surface area contributed by atoms with E-state index in [4.69, 9.17) is 40.5 Å². The minimum atomic E-state index is -0.720. The van der Waals surface area contributed by atoms with E-state index in [1.807, 2.05) is 17.0 Å². The Hall–Kier alpha value is -1.91. The van der Waals surface area contributed by atoms with Crippen molar-refractivity contribution in [1.82, 2.24) is 25.1 Å². The van der Waals surface area contributed by atoms with Crippen molar-refractivity contribution in [3.05, 3.63) is 68.7 Å². The number of nitrogens with two attached hydrogens (primary N) is 1. The van der Waals surface area contributed by atoms with Crippen LogP contribution >= 0.6 is 34.8 Å². The van der Waals surface area contributed by atoms with Gasteiger partial charge >= 0.3 is 0 Å². The van der Waals surface area contributed by atoms with E-state index in [-0.39, 0.29) is 18.2 Å². The van der Waals surface area contributed by atoms with Crippen LogP contribution in [-0.2, 0) is 16.0 Å². The van der Waals surface area contributed by atoms with Crippen LogP contribution in [0.1, 0.15) is 50.3 Å². The third kappa shape index (κ3) is 9.79. The van der Waals surface area contributed by atoms with Crippen molar-refractivity contribution in [3.8, 4) is 0 Å². The van der Waals surface area contributed by atoms with Crippen LogP contribution in [0, 0.1) is 5.92 Å². The SMILES string of the molecule is CC(C)CN(C1CCN(C(=O)C(Cc2ccc(Cl)cc2)NC(=O)CC(N)c2ccc(Cl)cc2Cl)CC1)N1CCN(C)CC1. The number of nitrogens with zero attached hydrogens (tertiary/aromatic N) is 4. The maximum atomic E-state index is 13.9. The van der Waals surface area contributed by atoms with Gasteiger partial charge in [-0.05, 0) is 61.2 Å². The third-order valence-corrected chi connectivity index (χ3v) is 9.16. The highest BCUT2D eigenvalue weighted by Gasteiger charge is 2.34. The van der Waals surface area contributed by atoms with Gasteiger partial charge in [0.25, 0.3) is 0 Å². The van der Waals surface area contributed by atoms with Crippen molar-refractivity contribution in [2.75, 3.05) is 52.9 Å². The molecule has 2 unspecified atom stereocenters. The summed E-state index contributed by atoms with van der Waals surface area (Å²) in [6.07, 6.45) is 2.14. The van der Waals surface area contributed by atoms with Crippen LogP contribution < -0.4 is 11.1 Å². The Kier molecular flexibility index (Phi) is 12.6. The molecule has 4 rings (SSSR count). The van der Waals surface area contributed by atoms with E-state index < -0.39 is 12.1 Å². The number of piperazine rings is 1. The number of likely N-dealkylation sites (N-methyl/N-ethyl adjacent to an activating group) is 1. The molecular formula is C32H45Cl3N6O2. The van der Waals surface area contributed by atoms with Gasteiger partial charge in [0.05, 0.1) is 0 Å². The van der Waals surface area contributed by atoms with Crippen molar-refractivity contribution in [2.24, 2.45) is 11.7 Å². The lowest BCUT2D eigenvalue weighted by molar-refractivity contribution is -0.140. The van der Waals surface area contributed by atoms with Crippen molar-refractivity contribution < 1.29 is 9.59 Å². The molecule has 43 heavy (non-hydrogen) atoms. The third-order valence-electron chi connectivity index (χ3n) is 8.35. The standard InChI is InChI=1S/C32H45Cl3N6O2/c1-22(2)21-41(40-16-14-38(3)15-17-40)26-10-12-39(13-11-26)32(43)30(18-23-4-6-24(33)7-5-23)37-31(42)20-29(36)27-9-8-25(34)19-28(27)35/h4-9,19,22,26,29-30H,10-18,20-21,36H2,1-3H3,(H,37,42). The summed E-state index contributed by atoms with van der Waals surface area (Å²) in [5, 5.41) is 9.60. The van der Waals surface area contributed by atoms with E-state index in [2.05, 4.69) is 41.1 Å². The largest absolute Gasteiger partial charge is 0.344 e. The van der Waals surface area contributed by atoms with E-state index in [0.29, 0.717) is 52.1 Å². The highest BCUT2D eigenvalue weighted by Crippen LogP contribution is 2.27. The highest BCUT2D eigenvalue weighted by atomic mass is 35.5. The Labute approximate surface area is 271 Å². The summed E-state index contributed by atoms with van der Waals surface area (Å²) < 4.78 is 0. The predicted octanol–water partition coefficient (Wildman–Crippen LogP) is 4.88. The van der Waals surface area contributed by atoms with Gasteiger partial charge in [-0.25, -0.2) is 10.0 Å². The summed E-state index contributed by atoms with van der Waals surface area (Å²) in [6, 6.07) is 11.4. The molecule has 0 saturated carbocycles. The molecule has 0 aromatic heterocycles. The number of halogens is 3. The first-order valence-corrected chi connectivity index (χ1v) is 16.4. The molecule has 2 aromatic rings. The summed E-state index contributed by atoms with van der Waals surface area (Å²) in [5.41, 5.74) is 7.90. The number of nitrogens with one attached hydrogen (secondary N) is 1. The van der Waals surface area contributed by atoms with Crippen LogP contribution in [0.2, 0.25) is 15.1 Å². The summed E-state index contributed by atoms with van der Waals surface area (Å²) in [4.78, 5) is 31.4. The fourth-order valence-corrected chi connectivity index (χ4v) is 6.62. The zero-order valence-corrected chi connectivity index (χ0v) is 27.7. The quantitative estimate of drug-likeness (QED) is 0.361. The number of benzene rings is 2. The fourth-order valence-electron chi connectivity index (χ4n) is 5.95. The van der Waals surface area contributed by atoms with Gasteiger partial charge in [0.1, 0.15) is 6.04 Å². The van der Waals surface area contributed by atoms with Gasteiger partial charge in [0.2, 0.25) is 11.8 Å². The summed E-state index contributed by atoms with van der Waals surface area (Å²) >= 11 is 18.5. The summed E-state index contributed by atoms with van der Waals surface area (Å²) in [5.74, 6) is 0.168. The molecule has 2 fully saturated rings. The van der Waals surface area contributed by atoms with Gasteiger partial charge in [-0.2, -0.15) is 0 Å². The first-order valence-electron chi connectivity index (χ1n) is 15.2. The van der Waals surface area contributed by atoms with Gasteiger partial charge in [-0.15, -0.1) is 0 Å². The number of hydrazine groups is 1. The van der Waals surface area contributed by atoms with Crippen molar-refractivity contribution in [3.63, 3.8) is 0 Å². The number of piperidine rings is 1. The van der Waals surface area contributed by atoms with Gasteiger partial charge in [0.15, 0.2) is 0 Å². The Morgan fingerprint density at radius 2 is 1.58 bits per heavy atom. The Morgan fingerprint density at radius 3 is 2.19 bits per heavy atom. The van der Waals surface area contributed by atoms with Crippen LogP contribution in [0.5, 0.6) is 0 Å². The number of carbonyl (C=O) groups is 2. The molecule has 2 aromatic carbocycles. The lowest BCUT2D eigenvalue weighted by Crippen LogP contribution is -2.60. The maximum Gasteiger partial charge on any atom is 0.245 e. The van der Waals surface area contributed by atoms with Crippen LogP contribution in [0.25, 0.3) is 0 Å². The Bertz CT molecular complexity index is 1210. The monoisotopic (exact) mass is 650 g/mol. The molecular weight excluding hydrogens is 607 g/mol. The van der Waals surface area contributed by atoms with Crippen LogP contribution in [-0.4, -0.2) is 96.6 Å². The van der Waals surface area contributed by atoms with Crippen molar-refractivity contribution in [2.45, 2.75) is 57.7 Å². The van der Waals surface area contributed by atoms with E-state index in [1.165, 1.54) is 0 Å². The maximum absolute atomic E-state index is 13.9. The average Bonchev–Trinajstić information content (AvgIpc) is 2.97. The second kappa shape index (κ2) is 15.9. The predicted molar refractivity (Wildman–Crippen MR) is 175 cm³/mol.